The third kappa shape index (κ3) is 5.56. The number of benzene rings is 2. The van der Waals surface area contributed by atoms with Gasteiger partial charge in [-0.3, -0.25) is 4.79 Å². The molecule has 2 aromatic heterocycles. The van der Waals surface area contributed by atoms with Crippen molar-refractivity contribution in [2.45, 2.75) is 26.7 Å². The van der Waals surface area contributed by atoms with E-state index in [0.717, 1.165) is 29.2 Å². The van der Waals surface area contributed by atoms with Crippen LogP contribution in [0.25, 0.3) is 22.5 Å². The molecule has 0 amide bonds. The number of aromatic amines is 1. The van der Waals surface area contributed by atoms with E-state index in [1.54, 1.807) is 31.2 Å². The van der Waals surface area contributed by atoms with E-state index in [1.165, 1.54) is 0 Å². The molecule has 4 rings (SSSR count). The molecule has 0 aliphatic rings. The average molecular weight is 516 g/mol. The second-order valence-corrected chi connectivity index (χ2v) is 8.17. The Bertz CT molecular complexity index is 1450. The molecule has 2 aromatic carbocycles. The number of unbranched alkanes of at least 4 members (excludes halogenated alkanes) is 1. The predicted molar refractivity (Wildman–Crippen MR) is 136 cm³/mol. The summed E-state index contributed by atoms with van der Waals surface area (Å²) in [6.07, 6.45) is 1.48. The molecule has 194 valence electrons. The third-order valence-electron chi connectivity index (χ3n) is 5.65. The lowest BCUT2D eigenvalue weighted by Gasteiger charge is -2.13. The van der Waals surface area contributed by atoms with Crippen LogP contribution in [0.2, 0.25) is 0 Å². The van der Waals surface area contributed by atoms with Gasteiger partial charge < -0.3 is 14.6 Å². The number of tetrazole rings is 1. The molecule has 4 aromatic rings. The lowest BCUT2D eigenvalue weighted by molar-refractivity contribution is 0.0522. The quantitative estimate of drug-likeness (QED) is 0.168. The Kier molecular flexibility index (Phi) is 8.17. The SMILES string of the molecule is CCCCOc1nc(C(=O)c2ccc(-c3ccccc3-c3nnn[nH]3)cc2)c(C(=O)OCC)cc1C(=O)O. The summed E-state index contributed by atoms with van der Waals surface area (Å²) in [5.74, 6) is -2.49. The molecule has 0 saturated heterocycles. The number of esters is 1. The van der Waals surface area contributed by atoms with Crippen LogP contribution in [-0.4, -0.2) is 61.7 Å². The van der Waals surface area contributed by atoms with E-state index in [2.05, 4.69) is 25.6 Å². The topological polar surface area (TPSA) is 157 Å². The summed E-state index contributed by atoms with van der Waals surface area (Å²) < 4.78 is 10.6. The zero-order chi connectivity index (χ0) is 27.1. The molecule has 2 N–H and O–H groups in total. The zero-order valence-electron chi connectivity index (χ0n) is 20.8. The average Bonchev–Trinajstić information content (AvgIpc) is 3.48. The first-order chi connectivity index (χ1) is 18.4. The molecule has 38 heavy (non-hydrogen) atoms. The van der Waals surface area contributed by atoms with Gasteiger partial charge in [0.25, 0.3) is 0 Å². The monoisotopic (exact) mass is 515 g/mol. The van der Waals surface area contributed by atoms with E-state index in [9.17, 15) is 19.5 Å². The molecule has 2 heterocycles. The Labute approximate surface area is 217 Å². The normalized spacial score (nSPS) is 10.7. The van der Waals surface area contributed by atoms with Crippen LogP contribution in [-0.2, 0) is 4.74 Å². The van der Waals surface area contributed by atoms with Crippen LogP contribution < -0.4 is 4.74 Å². The number of aromatic carboxylic acids is 1. The van der Waals surface area contributed by atoms with Gasteiger partial charge in [0, 0.05) is 11.1 Å². The molecule has 0 bridgehead atoms. The number of carboxylic acids is 1. The number of hydrogen-bond acceptors (Lipinski definition) is 9. The summed E-state index contributed by atoms with van der Waals surface area (Å²) in [6, 6.07) is 15.3. The first kappa shape index (κ1) is 26.1. The maximum atomic E-state index is 13.5. The van der Waals surface area contributed by atoms with E-state index in [0.29, 0.717) is 12.2 Å². The van der Waals surface area contributed by atoms with Gasteiger partial charge in [0.2, 0.25) is 11.7 Å². The van der Waals surface area contributed by atoms with Crippen molar-refractivity contribution in [2.75, 3.05) is 13.2 Å². The van der Waals surface area contributed by atoms with Gasteiger partial charge in [0.05, 0.1) is 18.8 Å². The van der Waals surface area contributed by atoms with Crippen molar-refractivity contribution in [3.8, 4) is 28.4 Å². The minimum atomic E-state index is -1.33. The minimum absolute atomic E-state index is 0.0401. The fraction of sp³-hybridized carbons (Fsp3) is 0.222. The summed E-state index contributed by atoms with van der Waals surface area (Å²) in [4.78, 5) is 42.3. The second-order valence-electron chi connectivity index (χ2n) is 8.17. The predicted octanol–water partition coefficient (Wildman–Crippen LogP) is 4.21. The van der Waals surface area contributed by atoms with Gasteiger partial charge in [-0.05, 0) is 41.0 Å². The van der Waals surface area contributed by atoms with E-state index >= 15 is 0 Å². The van der Waals surface area contributed by atoms with Gasteiger partial charge in [0.15, 0.2) is 5.82 Å². The van der Waals surface area contributed by atoms with Gasteiger partial charge in [0.1, 0.15) is 11.3 Å². The first-order valence-electron chi connectivity index (χ1n) is 12.0. The number of H-pyrrole nitrogens is 1. The maximum Gasteiger partial charge on any atom is 0.341 e. The van der Waals surface area contributed by atoms with Gasteiger partial charge >= 0.3 is 11.9 Å². The molecule has 0 spiro atoms. The van der Waals surface area contributed by atoms with Crippen molar-refractivity contribution in [2.24, 2.45) is 0 Å². The maximum absolute atomic E-state index is 13.5. The number of ketones is 1. The standard InChI is InChI=1S/C27H25N5O6/c1-3-5-14-38-25-21(26(34)35)15-20(27(36)37-4-2)22(28-25)23(33)17-12-10-16(11-13-17)18-8-6-7-9-19(18)24-29-31-32-30-24/h6-13,15H,3-5,14H2,1-2H3,(H,34,35)(H,29,30,31,32). The molecule has 11 heteroatoms. The number of ether oxygens (including phenoxy) is 2. The van der Waals surface area contributed by atoms with E-state index in [-0.39, 0.29) is 41.5 Å². The van der Waals surface area contributed by atoms with Crippen LogP contribution in [0, 0.1) is 0 Å². The highest BCUT2D eigenvalue weighted by molar-refractivity contribution is 6.14. The minimum Gasteiger partial charge on any atom is -0.477 e. The van der Waals surface area contributed by atoms with E-state index in [1.807, 2.05) is 31.2 Å². The van der Waals surface area contributed by atoms with Crippen LogP contribution in [0.4, 0.5) is 0 Å². The second kappa shape index (κ2) is 11.9. The van der Waals surface area contributed by atoms with Crippen LogP contribution in [0.15, 0.2) is 54.6 Å². The number of pyridine rings is 1. The van der Waals surface area contributed by atoms with Crippen molar-refractivity contribution >= 4 is 17.7 Å². The highest BCUT2D eigenvalue weighted by Gasteiger charge is 2.27. The summed E-state index contributed by atoms with van der Waals surface area (Å²) in [7, 11) is 0. The number of nitrogens with one attached hydrogen (secondary N) is 1. The van der Waals surface area contributed by atoms with Crippen molar-refractivity contribution in [1.29, 1.82) is 0 Å². The van der Waals surface area contributed by atoms with Crippen LogP contribution in [0.1, 0.15) is 63.5 Å². The Hall–Kier alpha value is -4.93. The molecule has 0 aliphatic carbocycles. The Balaban J connectivity index is 1.73. The Morgan fingerprint density at radius 3 is 2.34 bits per heavy atom. The Morgan fingerprint density at radius 2 is 1.71 bits per heavy atom. The molecule has 0 unspecified atom stereocenters. The van der Waals surface area contributed by atoms with E-state index in [4.69, 9.17) is 9.47 Å². The van der Waals surface area contributed by atoms with Gasteiger partial charge in [-0.15, -0.1) is 5.10 Å². The number of aromatic nitrogens is 5. The molecular formula is C27H25N5O6. The Morgan fingerprint density at radius 1 is 0.974 bits per heavy atom. The molecule has 0 fully saturated rings. The number of carbonyl (C=O) groups is 3. The van der Waals surface area contributed by atoms with Crippen LogP contribution in [0.5, 0.6) is 5.88 Å². The van der Waals surface area contributed by atoms with Crippen LogP contribution >= 0.6 is 0 Å². The lowest BCUT2D eigenvalue weighted by Crippen LogP contribution is -2.18. The lowest BCUT2D eigenvalue weighted by atomic mass is 9.96. The first-order valence-corrected chi connectivity index (χ1v) is 12.0. The molecule has 0 radical (unpaired) electrons. The highest BCUT2D eigenvalue weighted by atomic mass is 16.5. The van der Waals surface area contributed by atoms with Crippen molar-refractivity contribution < 1.29 is 29.0 Å². The number of nitrogens with zero attached hydrogens (tertiary/aromatic N) is 4. The highest BCUT2D eigenvalue weighted by Crippen LogP contribution is 2.30. The number of carboxylic acid groups (broad SMARTS) is 1. The van der Waals surface area contributed by atoms with Crippen molar-refractivity contribution in [1.82, 2.24) is 25.6 Å². The van der Waals surface area contributed by atoms with Gasteiger partial charge in [-0.1, -0.05) is 61.9 Å². The summed E-state index contributed by atoms with van der Waals surface area (Å²) in [6.45, 7) is 3.82. The molecule has 0 saturated carbocycles. The molecule has 0 atom stereocenters. The number of rotatable bonds is 11. The van der Waals surface area contributed by atoms with Crippen molar-refractivity contribution in [3.63, 3.8) is 0 Å². The summed E-state index contributed by atoms with van der Waals surface area (Å²) in [5, 5.41) is 23.6. The van der Waals surface area contributed by atoms with Crippen LogP contribution in [0.3, 0.4) is 0 Å². The van der Waals surface area contributed by atoms with Gasteiger partial charge in [-0.2, -0.15) is 0 Å². The van der Waals surface area contributed by atoms with Crippen molar-refractivity contribution in [3.05, 3.63) is 77.0 Å². The fourth-order valence-corrected chi connectivity index (χ4v) is 3.76. The fourth-order valence-electron chi connectivity index (χ4n) is 3.76. The van der Waals surface area contributed by atoms with Gasteiger partial charge in [-0.25, -0.2) is 19.7 Å². The largest absolute Gasteiger partial charge is 0.477 e. The summed E-state index contributed by atoms with van der Waals surface area (Å²) >= 11 is 0. The van der Waals surface area contributed by atoms with E-state index < -0.39 is 17.7 Å². The number of hydrogen-bond donors (Lipinski definition) is 2. The molecule has 11 nitrogen and oxygen atoms in total. The zero-order valence-corrected chi connectivity index (χ0v) is 20.8. The number of carbonyl (C=O) groups excluding carboxylic acids is 2. The smallest absolute Gasteiger partial charge is 0.341 e. The summed E-state index contributed by atoms with van der Waals surface area (Å²) in [5.41, 5.74) is 1.85. The molecular weight excluding hydrogens is 490 g/mol. The third-order valence-corrected chi connectivity index (χ3v) is 5.65. The molecule has 0 aliphatic heterocycles.